The summed E-state index contributed by atoms with van der Waals surface area (Å²) in [7, 11) is 0. The molecule has 20 heavy (non-hydrogen) atoms. The van der Waals surface area contributed by atoms with Crippen molar-refractivity contribution in [1.82, 2.24) is 0 Å². The van der Waals surface area contributed by atoms with Crippen molar-refractivity contribution in [2.45, 2.75) is 6.42 Å². The number of hydrogen-bond donors (Lipinski definition) is 1. The predicted octanol–water partition coefficient (Wildman–Crippen LogP) is 3.89. The SMILES string of the molecule is NCCc1c(Cl)ccc(-c2ccc3c(c2)OCO3)c1Cl. The summed E-state index contributed by atoms with van der Waals surface area (Å²) in [5.74, 6) is 1.48. The third kappa shape index (κ3) is 2.33. The lowest BCUT2D eigenvalue weighted by atomic mass is 10.0. The fourth-order valence-electron chi connectivity index (χ4n) is 2.26. The third-order valence-electron chi connectivity index (χ3n) is 3.26. The topological polar surface area (TPSA) is 44.5 Å². The van der Waals surface area contributed by atoms with Crippen LogP contribution < -0.4 is 15.2 Å². The summed E-state index contributed by atoms with van der Waals surface area (Å²) >= 11 is 12.6. The molecule has 5 heteroatoms. The Morgan fingerprint density at radius 3 is 2.65 bits per heavy atom. The molecule has 0 saturated carbocycles. The maximum Gasteiger partial charge on any atom is 0.231 e. The molecule has 0 amide bonds. The predicted molar refractivity (Wildman–Crippen MR) is 80.8 cm³/mol. The van der Waals surface area contributed by atoms with Crippen molar-refractivity contribution in [3.05, 3.63) is 45.9 Å². The van der Waals surface area contributed by atoms with Crippen LogP contribution >= 0.6 is 23.2 Å². The molecule has 0 aliphatic carbocycles. The van der Waals surface area contributed by atoms with E-state index in [0.717, 1.165) is 28.2 Å². The molecule has 0 bridgehead atoms. The van der Waals surface area contributed by atoms with Crippen molar-refractivity contribution < 1.29 is 9.47 Å². The van der Waals surface area contributed by atoms with Crippen LogP contribution in [-0.2, 0) is 6.42 Å². The first-order chi connectivity index (χ1) is 9.70. The third-order valence-corrected chi connectivity index (χ3v) is 4.05. The minimum absolute atomic E-state index is 0.256. The molecule has 2 aromatic rings. The molecule has 0 atom stereocenters. The monoisotopic (exact) mass is 309 g/mol. The number of rotatable bonds is 3. The van der Waals surface area contributed by atoms with Crippen LogP contribution in [0.5, 0.6) is 11.5 Å². The normalized spacial score (nSPS) is 12.8. The van der Waals surface area contributed by atoms with Crippen LogP contribution in [-0.4, -0.2) is 13.3 Å². The van der Waals surface area contributed by atoms with Crippen LogP contribution in [0.3, 0.4) is 0 Å². The van der Waals surface area contributed by atoms with Gasteiger partial charge in [-0.2, -0.15) is 0 Å². The van der Waals surface area contributed by atoms with Gasteiger partial charge in [0.05, 0.1) is 5.02 Å². The number of benzene rings is 2. The van der Waals surface area contributed by atoms with Crippen LogP contribution in [0.4, 0.5) is 0 Å². The molecule has 0 unspecified atom stereocenters. The van der Waals surface area contributed by atoms with Crippen molar-refractivity contribution in [2.24, 2.45) is 5.73 Å². The molecule has 1 aliphatic heterocycles. The molecule has 1 aliphatic rings. The molecule has 2 aromatic carbocycles. The number of fused-ring (bicyclic) bond motifs is 1. The largest absolute Gasteiger partial charge is 0.454 e. The Labute approximate surface area is 127 Å². The molecule has 0 radical (unpaired) electrons. The van der Waals surface area contributed by atoms with E-state index in [1.165, 1.54) is 0 Å². The van der Waals surface area contributed by atoms with Crippen LogP contribution in [0.2, 0.25) is 10.0 Å². The van der Waals surface area contributed by atoms with Gasteiger partial charge in [0.2, 0.25) is 6.79 Å². The van der Waals surface area contributed by atoms with Crippen molar-refractivity contribution >= 4 is 23.2 Å². The standard InChI is InChI=1S/C15H13Cl2NO2/c16-12-3-2-10(15(17)11(12)5-6-18)9-1-4-13-14(7-9)20-8-19-13/h1-4,7H,5-6,8,18H2. The fraction of sp³-hybridized carbons (Fsp3) is 0.200. The zero-order valence-electron chi connectivity index (χ0n) is 10.7. The van der Waals surface area contributed by atoms with Crippen molar-refractivity contribution in [3.8, 4) is 22.6 Å². The molecule has 104 valence electrons. The summed E-state index contributed by atoms with van der Waals surface area (Å²) in [5.41, 5.74) is 8.37. The molecule has 0 spiro atoms. The lowest BCUT2D eigenvalue weighted by molar-refractivity contribution is 0.174. The molecule has 0 saturated heterocycles. The van der Waals surface area contributed by atoms with Crippen molar-refractivity contribution in [2.75, 3.05) is 13.3 Å². The van der Waals surface area contributed by atoms with Gasteiger partial charge in [-0.3, -0.25) is 0 Å². The average Bonchev–Trinajstić information content (AvgIpc) is 2.91. The van der Waals surface area contributed by atoms with Gasteiger partial charge in [-0.1, -0.05) is 35.3 Å². The quantitative estimate of drug-likeness (QED) is 0.935. The van der Waals surface area contributed by atoms with Crippen LogP contribution in [0.25, 0.3) is 11.1 Å². The van der Waals surface area contributed by atoms with E-state index in [1.807, 2.05) is 30.3 Å². The maximum atomic E-state index is 6.47. The number of ether oxygens (including phenoxy) is 2. The first-order valence-corrected chi connectivity index (χ1v) is 7.03. The second-order valence-electron chi connectivity index (χ2n) is 4.49. The summed E-state index contributed by atoms with van der Waals surface area (Å²) in [6.45, 7) is 0.760. The second-order valence-corrected chi connectivity index (χ2v) is 5.28. The van der Waals surface area contributed by atoms with E-state index in [-0.39, 0.29) is 6.79 Å². The van der Waals surface area contributed by atoms with E-state index < -0.39 is 0 Å². The summed E-state index contributed by atoms with van der Waals surface area (Å²) in [4.78, 5) is 0. The van der Waals surface area contributed by atoms with Gasteiger partial charge in [0, 0.05) is 10.6 Å². The van der Waals surface area contributed by atoms with Gasteiger partial charge in [0.15, 0.2) is 11.5 Å². The van der Waals surface area contributed by atoms with Crippen LogP contribution in [0.1, 0.15) is 5.56 Å². The Balaban J connectivity index is 2.08. The van der Waals surface area contributed by atoms with Crippen molar-refractivity contribution in [1.29, 1.82) is 0 Å². The minimum atomic E-state index is 0.256. The van der Waals surface area contributed by atoms with E-state index in [9.17, 15) is 0 Å². The highest BCUT2D eigenvalue weighted by molar-refractivity contribution is 6.37. The molecule has 2 N–H and O–H groups in total. The zero-order chi connectivity index (χ0) is 14.1. The van der Waals surface area contributed by atoms with Gasteiger partial charge in [-0.15, -0.1) is 0 Å². The lowest BCUT2D eigenvalue weighted by Crippen LogP contribution is -2.04. The second kappa shape index (κ2) is 5.52. The average molecular weight is 310 g/mol. The van der Waals surface area contributed by atoms with E-state index in [0.29, 0.717) is 23.0 Å². The maximum absolute atomic E-state index is 6.47. The molecular weight excluding hydrogens is 297 g/mol. The number of nitrogens with two attached hydrogens (primary N) is 1. The fourth-order valence-corrected chi connectivity index (χ4v) is 2.93. The minimum Gasteiger partial charge on any atom is -0.454 e. The van der Waals surface area contributed by atoms with Gasteiger partial charge in [0.1, 0.15) is 0 Å². The number of halogens is 2. The van der Waals surface area contributed by atoms with E-state index in [4.69, 9.17) is 38.4 Å². The first-order valence-electron chi connectivity index (χ1n) is 6.27. The molecule has 3 rings (SSSR count). The van der Waals surface area contributed by atoms with Crippen LogP contribution in [0.15, 0.2) is 30.3 Å². The summed E-state index contributed by atoms with van der Waals surface area (Å²) < 4.78 is 10.7. The lowest BCUT2D eigenvalue weighted by Gasteiger charge is -2.11. The van der Waals surface area contributed by atoms with E-state index in [2.05, 4.69) is 0 Å². The van der Waals surface area contributed by atoms with Gasteiger partial charge < -0.3 is 15.2 Å². The Kier molecular flexibility index (Phi) is 3.74. The highest BCUT2D eigenvalue weighted by Gasteiger charge is 2.16. The van der Waals surface area contributed by atoms with Gasteiger partial charge in [-0.25, -0.2) is 0 Å². The molecule has 0 aromatic heterocycles. The first kappa shape index (κ1) is 13.6. The highest BCUT2D eigenvalue weighted by Crippen LogP contribution is 2.40. The van der Waals surface area contributed by atoms with Crippen LogP contribution in [0, 0.1) is 0 Å². The Morgan fingerprint density at radius 1 is 1.05 bits per heavy atom. The number of hydrogen-bond acceptors (Lipinski definition) is 3. The van der Waals surface area contributed by atoms with Crippen molar-refractivity contribution in [3.63, 3.8) is 0 Å². The highest BCUT2D eigenvalue weighted by atomic mass is 35.5. The molecular formula is C15H13Cl2NO2. The van der Waals surface area contributed by atoms with Gasteiger partial charge in [-0.05, 0) is 42.3 Å². The zero-order valence-corrected chi connectivity index (χ0v) is 12.2. The summed E-state index contributed by atoms with van der Waals surface area (Å²) in [6, 6.07) is 9.50. The van der Waals surface area contributed by atoms with Gasteiger partial charge >= 0.3 is 0 Å². The molecule has 3 nitrogen and oxygen atoms in total. The Bertz CT molecular complexity index is 659. The smallest absolute Gasteiger partial charge is 0.231 e. The Hall–Kier alpha value is -1.42. The molecule has 1 heterocycles. The van der Waals surface area contributed by atoms with E-state index in [1.54, 1.807) is 0 Å². The van der Waals surface area contributed by atoms with Gasteiger partial charge in [0.25, 0.3) is 0 Å². The molecule has 0 fully saturated rings. The Morgan fingerprint density at radius 2 is 1.85 bits per heavy atom. The summed E-state index contributed by atoms with van der Waals surface area (Å²) in [5, 5.41) is 1.28. The summed E-state index contributed by atoms with van der Waals surface area (Å²) in [6.07, 6.45) is 0.649. The van der Waals surface area contributed by atoms with E-state index >= 15 is 0 Å².